The highest BCUT2D eigenvalue weighted by molar-refractivity contribution is 6.02. The molecule has 1 spiro atoms. The number of rotatable bonds is 8. The monoisotopic (exact) mass is 487 g/mol. The minimum absolute atomic E-state index is 0.00896. The smallest absolute Gasteiger partial charge is 0.246 e. The van der Waals surface area contributed by atoms with E-state index in [4.69, 9.17) is 9.47 Å². The van der Waals surface area contributed by atoms with Crippen molar-refractivity contribution in [1.82, 2.24) is 10.2 Å². The zero-order valence-corrected chi connectivity index (χ0v) is 21.2. The van der Waals surface area contributed by atoms with Crippen LogP contribution >= 0.6 is 0 Å². The maximum Gasteiger partial charge on any atom is 0.246 e. The number of carbonyl (C=O) groups is 3. The summed E-state index contributed by atoms with van der Waals surface area (Å²) in [5.74, 6) is -1.75. The SMILES string of the molecule is CCOc1ccc(NC(=O)[C@H]2[C@H]3C(=O)N(CCO)C(C(=O)NC(C)(C)C)C34CC[C@]2(CC)O4)cc1. The van der Waals surface area contributed by atoms with Gasteiger partial charge in [-0.3, -0.25) is 14.4 Å². The molecule has 5 atom stereocenters. The van der Waals surface area contributed by atoms with Crippen LogP contribution < -0.4 is 15.4 Å². The van der Waals surface area contributed by atoms with Gasteiger partial charge in [0.1, 0.15) is 17.4 Å². The summed E-state index contributed by atoms with van der Waals surface area (Å²) < 4.78 is 12.1. The van der Waals surface area contributed by atoms with Gasteiger partial charge in [0.2, 0.25) is 17.7 Å². The molecule has 1 aromatic rings. The number of nitrogens with zero attached hydrogens (tertiary/aromatic N) is 1. The van der Waals surface area contributed by atoms with Crippen molar-refractivity contribution in [3.05, 3.63) is 24.3 Å². The van der Waals surface area contributed by atoms with Gasteiger partial charge >= 0.3 is 0 Å². The molecule has 2 unspecified atom stereocenters. The van der Waals surface area contributed by atoms with Crippen molar-refractivity contribution in [2.75, 3.05) is 25.1 Å². The number of fused-ring (bicyclic) bond motifs is 1. The molecule has 3 aliphatic heterocycles. The number of benzene rings is 1. The number of nitrogens with one attached hydrogen (secondary N) is 2. The Hall–Kier alpha value is -2.65. The lowest BCUT2D eigenvalue weighted by Crippen LogP contribution is -2.58. The number of hydrogen-bond acceptors (Lipinski definition) is 6. The van der Waals surface area contributed by atoms with Gasteiger partial charge in [0, 0.05) is 17.8 Å². The van der Waals surface area contributed by atoms with Crippen molar-refractivity contribution in [2.24, 2.45) is 11.8 Å². The fourth-order valence-electron chi connectivity index (χ4n) is 6.22. The number of anilines is 1. The van der Waals surface area contributed by atoms with Crippen LogP contribution in [0.15, 0.2) is 24.3 Å². The van der Waals surface area contributed by atoms with Crippen molar-refractivity contribution in [3.8, 4) is 5.75 Å². The van der Waals surface area contributed by atoms with Crippen molar-refractivity contribution < 1.29 is 29.0 Å². The van der Waals surface area contributed by atoms with Crippen molar-refractivity contribution in [2.45, 2.75) is 76.7 Å². The van der Waals surface area contributed by atoms with E-state index in [1.54, 1.807) is 24.3 Å². The van der Waals surface area contributed by atoms with Gasteiger partial charge in [0.15, 0.2) is 0 Å². The molecule has 9 nitrogen and oxygen atoms in total. The van der Waals surface area contributed by atoms with Gasteiger partial charge in [-0.05, 0) is 71.2 Å². The Balaban J connectivity index is 1.68. The van der Waals surface area contributed by atoms with Crippen LogP contribution in [0.5, 0.6) is 5.75 Å². The number of ether oxygens (including phenoxy) is 2. The second-order valence-electron chi connectivity index (χ2n) is 10.8. The Morgan fingerprint density at radius 1 is 1.17 bits per heavy atom. The maximum absolute atomic E-state index is 13.7. The number of hydrogen-bond donors (Lipinski definition) is 3. The van der Waals surface area contributed by atoms with Crippen LogP contribution in [0.1, 0.15) is 53.9 Å². The van der Waals surface area contributed by atoms with Crippen molar-refractivity contribution in [1.29, 1.82) is 0 Å². The van der Waals surface area contributed by atoms with Crippen molar-refractivity contribution in [3.63, 3.8) is 0 Å². The minimum Gasteiger partial charge on any atom is -0.494 e. The van der Waals surface area contributed by atoms with E-state index in [1.165, 1.54) is 4.90 Å². The highest BCUT2D eigenvalue weighted by Crippen LogP contribution is 2.64. The Morgan fingerprint density at radius 3 is 2.43 bits per heavy atom. The van der Waals surface area contributed by atoms with E-state index in [-0.39, 0.29) is 30.9 Å². The molecule has 3 aliphatic rings. The van der Waals surface area contributed by atoms with Gasteiger partial charge in [0.25, 0.3) is 0 Å². The second kappa shape index (κ2) is 9.09. The predicted molar refractivity (Wildman–Crippen MR) is 130 cm³/mol. The van der Waals surface area contributed by atoms with Gasteiger partial charge in [0.05, 0.1) is 30.7 Å². The van der Waals surface area contributed by atoms with Crippen LogP contribution in [0, 0.1) is 11.8 Å². The summed E-state index contributed by atoms with van der Waals surface area (Å²) in [6.45, 7) is 9.76. The topological polar surface area (TPSA) is 117 Å². The van der Waals surface area contributed by atoms with Crippen LogP contribution in [0.25, 0.3) is 0 Å². The normalized spacial score (nSPS) is 31.4. The summed E-state index contributed by atoms with van der Waals surface area (Å²) in [5.41, 5.74) is -1.83. The van der Waals surface area contributed by atoms with E-state index in [9.17, 15) is 19.5 Å². The molecule has 3 N–H and O–H groups in total. The van der Waals surface area contributed by atoms with Crippen LogP contribution in [-0.4, -0.2) is 70.3 Å². The Kier molecular flexibility index (Phi) is 6.61. The summed E-state index contributed by atoms with van der Waals surface area (Å²) in [6, 6.07) is 6.19. The first-order chi connectivity index (χ1) is 16.5. The molecule has 4 rings (SSSR count). The Labute approximate surface area is 206 Å². The fraction of sp³-hybridized carbons (Fsp3) is 0.654. The third-order valence-corrected chi connectivity index (χ3v) is 7.48. The first-order valence-corrected chi connectivity index (χ1v) is 12.5. The largest absolute Gasteiger partial charge is 0.494 e. The van der Waals surface area contributed by atoms with Crippen LogP contribution in [0.4, 0.5) is 5.69 Å². The fourth-order valence-corrected chi connectivity index (χ4v) is 6.22. The molecule has 3 fully saturated rings. The molecule has 192 valence electrons. The number of amides is 3. The lowest BCUT2D eigenvalue weighted by atomic mass is 9.65. The number of likely N-dealkylation sites (tertiary alicyclic amines) is 1. The zero-order chi connectivity index (χ0) is 25.6. The minimum atomic E-state index is -1.10. The van der Waals surface area contributed by atoms with E-state index >= 15 is 0 Å². The molecule has 0 radical (unpaired) electrons. The highest BCUT2D eigenvalue weighted by atomic mass is 16.5. The zero-order valence-electron chi connectivity index (χ0n) is 21.2. The van der Waals surface area contributed by atoms with Gasteiger partial charge in [-0.15, -0.1) is 0 Å². The van der Waals surface area contributed by atoms with Gasteiger partial charge in [-0.25, -0.2) is 0 Å². The molecule has 35 heavy (non-hydrogen) atoms. The predicted octanol–water partition coefficient (Wildman–Crippen LogP) is 2.09. The lowest BCUT2D eigenvalue weighted by molar-refractivity contribution is -0.147. The van der Waals surface area contributed by atoms with Gasteiger partial charge < -0.3 is 30.1 Å². The number of β-amino-alcohol motifs (C(OH)–C–C–N with tert-alkyl or cyclic N) is 1. The molecule has 0 saturated carbocycles. The molecule has 9 heteroatoms. The van der Waals surface area contributed by atoms with Crippen LogP contribution in [0.2, 0.25) is 0 Å². The molecule has 3 heterocycles. The maximum atomic E-state index is 13.7. The summed E-state index contributed by atoms with van der Waals surface area (Å²) in [5, 5.41) is 15.6. The van der Waals surface area contributed by atoms with Crippen LogP contribution in [0.3, 0.4) is 0 Å². The highest BCUT2D eigenvalue weighted by Gasteiger charge is 2.78. The summed E-state index contributed by atoms with van der Waals surface area (Å²) in [6.07, 6.45) is 1.64. The number of carbonyl (C=O) groups excluding carboxylic acids is 3. The molecular weight excluding hydrogens is 450 g/mol. The van der Waals surface area contributed by atoms with Gasteiger partial charge in [-0.2, -0.15) is 0 Å². The standard InChI is InChI=1S/C26H37N3O6/c1-6-25-12-13-26(35-25)19(18(25)21(31)27-16-8-10-17(11-9-16)34-7-2)23(33)29(14-15-30)20(26)22(32)28-24(3,4)5/h8-11,18-20,30H,6-7,12-15H2,1-5H3,(H,27,31)(H,28,32)/t18-,19+,20?,25+,26?/m1/s1. The van der Waals surface area contributed by atoms with E-state index in [2.05, 4.69) is 10.6 Å². The lowest BCUT2D eigenvalue weighted by Gasteiger charge is -2.35. The Bertz CT molecular complexity index is 990. The van der Waals surface area contributed by atoms with Crippen LogP contribution in [-0.2, 0) is 19.1 Å². The number of aliphatic hydroxyl groups excluding tert-OH is 1. The summed E-state index contributed by atoms with van der Waals surface area (Å²) in [7, 11) is 0. The molecule has 0 aliphatic carbocycles. The van der Waals surface area contributed by atoms with E-state index < -0.39 is 34.6 Å². The second-order valence-corrected chi connectivity index (χ2v) is 10.8. The molecule has 1 aromatic carbocycles. The Morgan fingerprint density at radius 2 is 1.86 bits per heavy atom. The average Bonchev–Trinajstić information content (AvgIpc) is 3.38. The third kappa shape index (κ3) is 4.18. The molecular formula is C26H37N3O6. The average molecular weight is 488 g/mol. The summed E-state index contributed by atoms with van der Waals surface area (Å²) in [4.78, 5) is 42.3. The summed E-state index contributed by atoms with van der Waals surface area (Å²) >= 11 is 0. The molecule has 3 amide bonds. The van der Waals surface area contributed by atoms with Gasteiger partial charge in [-0.1, -0.05) is 6.92 Å². The third-order valence-electron chi connectivity index (χ3n) is 7.48. The van der Waals surface area contributed by atoms with E-state index in [1.807, 2.05) is 34.6 Å². The van der Waals surface area contributed by atoms with E-state index in [0.29, 0.717) is 37.3 Å². The first kappa shape index (κ1) is 25.4. The van der Waals surface area contributed by atoms with E-state index in [0.717, 1.165) is 0 Å². The quantitative estimate of drug-likeness (QED) is 0.517. The molecule has 0 aromatic heterocycles. The molecule has 2 bridgehead atoms. The number of aliphatic hydroxyl groups is 1. The molecule has 3 saturated heterocycles. The van der Waals surface area contributed by atoms with Crippen molar-refractivity contribution >= 4 is 23.4 Å². The first-order valence-electron chi connectivity index (χ1n) is 12.5.